The number of unbranched alkanes of at least 4 members (excludes halogenated alkanes) is 1. The first-order valence-electron chi connectivity index (χ1n) is 13.0. The lowest BCUT2D eigenvalue weighted by atomic mass is 9.73. The Morgan fingerprint density at radius 2 is 1.48 bits per heavy atom. The molecular formula is C27H43F3Si. The molecule has 1 aliphatic heterocycles. The van der Waals surface area contributed by atoms with Crippen LogP contribution in [-0.2, 0) is 12.6 Å². The predicted octanol–water partition coefficient (Wildman–Crippen LogP) is 8.91. The smallest absolute Gasteiger partial charge is 0.166 e. The van der Waals surface area contributed by atoms with Crippen LogP contribution in [0.25, 0.3) is 0 Å². The second kappa shape index (κ2) is 11.9. The van der Waals surface area contributed by atoms with Crippen molar-refractivity contribution in [2.24, 2.45) is 23.7 Å². The molecule has 31 heavy (non-hydrogen) atoms. The number of hydrogen-bond acceptors (Lipinski definition) is 0. The lowest BCUT2D eigenvalue weighted by Gasteiger charge is -2.37. The Bertz CT molecular complexity index is 621. The summed E-state index contributed by atoms with van der Waals surface area (Å²) in [7, 11) is -0.400. The molecule has 0 bridgehead atoms. The zero-order valence-electron chi connectivity index (χ0n) is 19.7. The van der Waals surface area contributed by atoms with Gasteiger partial charge in [-0.3, -0.25) is 0 Å². The van der Waals surface area contributed by atoms with Crippen LogP contribution in [0.4, 0.5) is 13.2 Å². The molecule has 0 amide bonds. The molecule has 0 spiro atoms. The lowest BCUT2D eigenvalue weighted by molar-refractivity contribution is -0.137. The Morgan fingerprint density at radius 3 is 2.06 bits per heavy atom. The summed E-state index contributed by atoms with van der Waals surface area (Å²) in [6.45, 7) is 4.74. The highest BCUT2D eigenvalue weighted by Gasteiger charge is 2.31. The average Bonchev–Trinajstić information content (AvgIpc) is 2.76. The van der Waals surface area contributed by atoms with Crippen LogP contribution >= 0.6 is 0 Å². The summed E-state index contributed by atoms with van der Waals surface area (Å²) in [6.07, 6.45) is 10.6. The Hall–Kier alpha value is -0.773. The van der Waals surface area contributed by atoms with E-state index in [0.717, 1.165) is 42.1 Å². The van der Waals surface area contributed by atoms with Crippen molar-refractivity contribution in [3.05, 3.63) is 35.4 Å². The molecule has 1 heterocycles. The van der Waals surface area contributed by atoms with Crippen LogP contribution in [0.15, 0.2) is 24.3 Å². The van der Waals surface area contributed by atoms with Crippen LogP contribution < -0.4 is 0 Å². The molecule has 0 radical (unpaired) electrons. The van der Waals surface area contributed by atoms with Gasteiger partial charge in [0.05, 0.1) is 5.56 Å². The molecule has 0 nitrogen and oxygen atoms in total. The molecule has 1 aromatic carbocycles. The lowest BCUT2D eigenvalue weighted by Crippen LogP contribution is -2.28. The van der Waals surface area contributed by atoms with Gasteiger partial charge >= 0.3 is 6.18 Å². The van der Waals surface area contributed by atoms with Crippen molar-refractivity contribution in [2.75, 3.05) is 0 Å². The Balaban J connectivity index is 1.27. The van der Waals surface area contributed by atoms with Gasteiger partial charge in [0.25, 0.3) is 0 Å². The molecule has 1 aromatic rings. The highest BCUT2D eigenvalue weighted by molar-refractivity contribution is 6.58. The summed E-state index contributed by atoms with van der Waals surface area (Å²) >= 11 is 0. The molecule has 0 N–H and O–H groups in total. The number of rotatable bonds is 9. The SMILES string of the molecule is CC(C)CC[Si@H]1CC[C@H]([C@H]2CC[C@H](CCCCc3ccc(C(F)(F)F)cc3)CC2)CC1. The molecular weight excluding hydrogens is 409 g/mol. The van der Waals surface area contributed by atoms with Crippen molar-refractivity contribution in [3.63, 3.8) is 0 Å². The van der Waals surface area contributed by atoms with Crippen molar-refractivity contribution in [3.8, 4) is 0 Å². The Kier molecular flexibility index (Phi) is 9.55. The first kappa shape index (κ1) is 24.9. The largest absolute Gasteiger partial charge is 0.416 e. The van der Waals surface area contributed by atoms with Crippen LogP contribution in [0, 0.1) is 23.7 Å². The molecule has 3 rings (SSSR count). The summed E-state index contributed by atoms with van der Waals surface area (Å²) in [6, 6.07) is 10.5. The maximum Gasteiger partial charge on any atom is 0.416 e. The van der Waals surface area contributed by atoms with Crippen LogP contribution in [0.3, 0.4) is 0 Å². The molecule has 2 fully saturated rings. The minimum atomic E-state index is -4.23. The van der Waals surface area contributed by atoms with E-state index in [-0.39, 0.29) is 0 Å². The fraction of sp³-hybridized carbons (Fsp3) is 0.778. The predicted molar refractivity (Wildman–Crippen MR) is 128 cm³/mol. The maximum atomic E-state index is 12.7. The Labute approximate surface area is 190 Å². The molecule has 1 saturated carbocycles. The fourth-order valence-corrected chi connectivity index (χ4v) is 9.89. The highest BCUT2D eigenvalue weighted by Crippen LogP contribution is 2.42. The molecule has 0 atom stereocenters. The molecule has 0 aromatic heterocycles. The van der Waals surface area contributed by atoms with Crippen molar-refractivity contribution >= 4 is 8.80 Å². The van der Waals surface area contributed by atoms with Gasteiger partial charge in [0.2, 0.25) is 0 Å². The first-order chi connectivity index (χ1) is 14.8. The van der Waals surface area contributed by atoms with Gasteiger partial charge in [-0.05, 0) is 67.1 Å². The third-order valence-electron chi connectivity index (χ3n) is 8.21. The van der Waals surface area contributed by atoms with Gasteiger partial charge in [-0.2, -0.15) is 13.2 Å². The zero-order valence-corrected chi connectivity index (χ0v) is 20.9. The van der Waals surface area contributed by atoms with Crippen LogP contribution in [0.2, 0.25) is 18.1 Å². The van der Waals surface area contributed by atoms with Crippen LogP contribution in [0.1, 0.15) is 89.2 Å². The summed E-state index contributed by atoms with van der Waals surface area (Å²) in [5.41, 5.74) is 0.489. The van der Waals surface area contributed by atoms with E-state index in [4.69, 9.17) is 0 Å². The topological polar surface area (TPSA) is 0 Å². The van der Waals surface area contributed by atoms with Gasteiger partial charge in [0.1, 0.15) is 0 Å². The number of hydrogen-bond donors (Lipinski definition) is 0. The molecule has 1 saturated heterocycles. The minimum absolute atomic E-state index is 0.400. The van der Waals surface area contributed by atoms with E-state index in [0.29, 0.717) is 0 Å². The minimum Gasteiger partial charge on any atom is -0.166 e. The van der Waals surface area contributed by atoms with Crippen molar-refractivity contribution < 1.29 is 13.2 Å². The van der Waals surface area contributed by atoms with Crippen molar-refractivity contribution in [1.82, 2.24) is 0 Å². The van der Waals surface area contributed by atoms with Crippen molar-refractivity contribution in [2.45, 2.75) is 109 Å². The van der Waals surface area contributed by atoms with Gasteiger partial charge in [0, 0.05) is 8.80 Å². The summed E-state index contributed by atoms with van der Waals surface area (Å²) < 4.78 is 38.0. The molecule has 176 valence electrons. The van der Waals surface area contributed by atoms with E-state index in [1.54, 1.807) is 30.3 Å². The second-order valence-electron chi connectivity index (χ2n) is 11.0. The standard InChI is InChI=1S/C27H43F3Si/c1-21(2)15-18-31-19-16-25(17-20-31)24-11-7-22(8-12-24)5-3-4-6-23-9-13-26(14-10-23)27(28,29)30/h9-10,13-14,21-22,24-25,31H,3-8,11-12,15-20H2,1-2H3/t22-,24-,25-,31-. The molecule has 4 heteroatoms. The van der Waals surface area contributed by atoms with Crippen LogP contribution in [-0.4, -0.2) is 8.80 Å². The van der Waals surface area contributed by atoms with Gasteiger partial charge in [0.15, 0.2) is 0 Å². The first-order valence-corrected chi connectivity index (χ1v) is 15.4. The number of aryl methyl sites for hydroxylation is 1. The van der Waals surface area contributed by atoms with E-state index < -0.39 is 20.5 Å². The monoisotopic (exact) mass is 452 g/mol. The van der Waals surface area contributed by atoms with Crippen molar-refractivity contribution in [1.29, 1.82) is 0 Å². The molecule has 2 aliphatic rings. The summed E-state index contributed by atoms with van der Waals surface area (Å²) in [4.78, 5) is 0. The average molecular weight is 453 g/mol. The molecule has 1 aliphatic carbocycles. The number of alkyl halides is 3. The quantitative estimate of drug-likeness (QED) is 0.259. The normalized spacial score (nSPS) is 27.5. The number of halogens is 3. The zero-order chi connectivity index (χ0) is 22.3. The summed E-state index contributed by atoms with van der Waals surface area (Å²) in [5, 5.41) is 0. The fourth-order valence-electron chi connectivity index (χ4n) is 6.09. The number of benzene rings is 1. The summed E-state index contributed by atoms with van der Waals surface area (Å²) in [5.74, 6) is 3.81. The molecule has 0 unspecified atom stereocenters. The Morgan fingerprint density at radius 1 is 0.871 bits per heavy atom. The van der Waals surface area contributed by atoms with E-state index in [1.807, 2.05) is 0 Å². The van der Waals surface area contributed by atoms with Gasteiger partial charge in [-0.1, -0.05) is 89.1 Å². The maximum absolute atomic E-state index is 12.7. The third kappa shape index (κ3) is 8.26. The second-order valence-corrected chi connectivity index (χ2v) is 14.4. The highest BCUT2D eigenvalue weighted by atomic mass is 28.3. The van der Waals surface area contributed by atoms with Gasteiger partial charge < -0.3 is 0 Å². The third-order valence-corrected chi connectivity index (χ3v) is 11.7. The van der Waals surface area contributed by atoms with E-state index in [1.165, 1.54) is 69.9 Å². The van der Waals surface area contributed by atoms with Gasteiger partial charge in [-0.15, -0.1) is 0 Å². The van der Waals surface area contributed by atoms with E-state index >= 15 is 0 Å². The van der Waals surface area contributed by atoms with E-state index in [2.05, 4.69) is 13.8 Å². The van der Waals surface area contributed by atoms with Gasteiger partial charge in [-0.25, -0.2) is 0 Å². The van der Waals surface area contributed by atoms with Crippen LogP contribution in [0.5, 0.6) is 0 Å². The van der Waals surface area contributed by atoms with E-state index in [9.17, 15) is 13.2 Å².